The van der Waals surface area contributed by atoms with E-state index in [1.54, 1.807) is 7.11 Å². The van der Waals surface area contributed by atoms with Gasteiger partial charge in [0, 0.05) is 30.7 Å². The van der Waals surface area contributed by atoms with Crippen molar-refractivity contribution in [2.75, 3.05) is 27.2 Å². The molecule has 1 saturated carbocycles. The quantitative estimate of drug-likeness (QED) is 0.794. The van der Waals surface area contributed by atoms with Gasteiger partial charge >= 0.3 is 0 Å². The Labute approximate surface area is 129 Å². The second-order valence-electron chi connectivity index (χ2n) is 6.58. The van der Waals surface area contributed by atoms with Crippen molar-refractivity contribution in [3.63, 3.8) is 0 Å². The van der Waals surface area contributed by atoms with Gasteiger partial charge in [0.2, 0.25) is 0 Å². The van der Waals surface area contributed by atoms with E-state index in [1.165, 1.54) is 30.5 Å². The van der Waals surface area contributed by atoms with Gasteiger partial charge in [-0.3, -0.25) is 4.90 Å². The highest BCUT2D eigenvalue weighted by Gasteiger charge is 2.27. The zero-order valence-electron chi connectivity index (χ0n) is 14.1. The van der Waals surface area contributed by atoms with Crippen molar-refractivity contribution in [2.24, 2.45) is 5.92 Å². The molecule has 3 nitrogen and oxygen atoms in total. The number of ether oxygens (including phenoxy) is 1. The van der Waals surface area contributed by atoms with Crippen LogP contribution in [0, 0.1) is 12.8 Å². The summed E-state index contributed by atoms with van der Waals surface area (Å²) in [5, 5.41) is 3.48. The third kappa shape index (κ3) is 4.45. The van der Waals surface area contributed by atoms with Gasteiger partial charge in [-0.15, -0.1) is 0 Å². The number of nitrogens with zero attached hydrogens (tertiary/aromatic N) is 1. The van der Waals surface area contributed by atoms with Crippen molar-refractivity contribution in [1.29, 1.82) is 0 Å². The number of methoxy groups -OCH3 is 1. The van der Waals surface area contributed by atoms with Crippen LogP contribution in [-0.4, -0.2) is 38.2 Å². The van der Waals surface area contributed by atoms with Crippen molar-refractivity contribution in [3.05, 3.63) is 29.3 Å². The standard InChI is InChI=1S/C18H30N2O/c1-13(2)20(11-15-7-8-15)12-17(19-4)16-10-14(3)6-9-18(16)21-5/h6,9-10,13,15,17,19H,7-8,11-12H2,1-5H3. The first-order chi connectivity index (χ1) is 10.0. The summed E-state index contributed by atoms with van der Waals surface area (Å²) in [5.74, 6) is 1.90. The topological polar surface area (TPSA) is 24.5 Å². The molecule has 1 aromatic carbocycles. The minimum Gasteiger partial charge on any atom is -0.496 e. The highest BCUT2D eigenvalue weighted by Crippen LogP contribution is 2.32. The second-order valence-corrected chi connectivity index (χ2v) is 6.58. The van der Waals surface area contributed by atoms with E-state index in [4.69, 9.17) is 4.74 Å². The summed E-state index contributed by atoms with van der Waals surface area (Å²) in [6, 6.07) is 7.32. The van der Waals surface area contributed by atoms with E-state index in [1.807, 2.05) is 7.05 Å². The maximum absolute atomic E-state index is 5.56. The number of aryl methyl sites for hydroxylation is 1. The predicted molar refractivity (Wildman–Crippen MR) is 89.0 cm³/mol. The molecule has 0 bridgehead atoms. The van der Waals surface area contributed by atoms with Crippen LogP contribution in [0.25, 0.3) is 0 Å². The number of likely N-dealkylation sites (N-methyl/N-ethyl adjacent to an activating group) is 1. The molecule has 3 heteroatoms. The molecular formula is C18H30N2O. The maximum atomic E-state index is 5.56. The van der Waals surface area contributed by atoms with Crippen LogP contribution < -0.4 is 10.1 Å². The molecule has 0 saturated heterocycles. The minimum absolute atomic E-state index is 0.306. The number of benzene rings is 1. The summed E-state index contributed by atoms with van der Waals surface area (Å²) < 4.78 is 5.56. The smallest absolute Gasteiger partial charge is 0.123 e. The molecule has 1 aromatic rings. The Bertz CT molecular complexity index is 455. The molecule has 0 heterocycles. The fourth-order valence-electron chi connectivity index (χ4n) is 2.83. The molecule has 2 rings (SSSR count). The molecule has 0 aromatic heterocycles. The van der Waals surface area contributed by atoms with Gasteiger partial charge in [-0.2, -0.15) is 0 Å². The molecular weight excluding hydrogens is 260 g/mol. The van der Waals surface area contributed by atoms with Crippen LogP contribution in [0.3, 0.4) is 0 Å². The van der Waals surface area contributed by atoms with E-state index in [0.29, 0.717) is 12.1 Å². The van der Waals surface area contributed by atoms with Crippen molar-refractivity contribution in [3.8, 4) is 5.75 Å². The van der Waals surface area contributed by atoms with E-state index in [-0.39, 0.29) is 0 Å². The monoisotopic (exact) mass is 290 g/mol. The molecule has 1 N–H and O–H groups in total. The zero-order chi connectivity index (χ0) is 15.4. The maximum Gasteiger partial charge on any atom is 0.123 e. The van der Waals surface area contributed by atoms with Crippen LogP contribution in [0.4, 0.5) is 0 Å². The summed E-state index contributed by atoms with van der Waals surface area (Å²) in [7, 11) is 3.80. The third-order valence-electron chi connectivity index (χ3n) is 4.45. The lowest BCUT2D eigenvalue weighted by molar-refractivity contribution is 0.191. The normalized spacial score (nSPS) is 16.5. The van der Waals surface area contributed by atoms with Gasteiger partial charge in [-0.05, 0) is 52.6 Å². The van der Waals surface area contributed by atoms with Crippen LogP contribution in [0.15, 0.2) is 18.2 Å². The van der Waals surface area contributed by atoms with E-state index in [2.05, 4.69) is 49.2 Å². The molecule has 1 fully saturated rings. The predicted octanol–water partition coefficient (Wildman–Crippen LogP) is 3.38. The summed E-state index contributed by atoms with van der Waals surface area (Å²) in [5.41, 5.74) is 2.55. The van der Waals surface area contributed by atoms with Crippen LogP contribution in [0.2, 0.25) is 0 Å². The summed E-state index contributed by atoms with van der Waals surface area (Å²) in [6.45, 7) is 8.99. The number of rotatable bonds is 8. The number of hydrogen-bond acceptors (Lipinski definition) is 3. The van der Waals surface area contributed by atoms with E-state index < -0.39 is 0 Å². The SMILES string of the molecule is CNC(CN(CC1CC1)C(C)C)c1cc(C)ccc1OC. The molecule has 0 aliphatic heterocycles. The van der Waals surface area contributed by atoms with Crippen LogP contribution in [-0.2, 0) is 0 Å². The van der Waals surface area contributed by atoms with E-state index in [9.17, 15) is 0 Å². The fraction of sp³-hybridized carbons (Fsp3) is 0.667. The van der Waals surface area contributed by atoms with Crippen LogP contribution in [0.1, 0.15) is 43.9 Å². The molecule has 118 valence electrons. The minimum atomic E-state index is 0.306. The Hall–Kier alpha value is -1.06. The lowest BCUT2D eigenvalue weighted by Gasteiger charge is -2.31. The van der Waals surface area contributed by atoms with Gasteiger partial charge < -0.3 is 10.1 Å². The van der Waals surface area contributed by atoms with Crippen molar-refractivity contribution in [2.45, 2.75) is 45.7 Å². The average molecular weight is 290 g/mol. The molecule has 1 unspecified atom stereocenters. The molecule has 21 heavy (non-hydrogen) atoms. The highest BCUT2D eigenvalue weighted by atomic mass is 16.5. The third-order valence-corrected chi connectivity index (χ3v) is 4.45. The second kappa shape index (κ2) is 7.28. The first-order valence-corrected chi connectivity index (χ1v) is 8.11. The number of hydrogen-bond donors (Lipinski definition) is 1. The van der Waals surface area contributed by atoms with Gasteiger partial charge in [0.25, 0.3) is 0 Å². The van der Waals surface area contributed by atoms with Gasteiger partial charge in [0.05, 0.1) is 7.11 Å². The van der Waals surface area contributed by atoms with Gasteiger partial charge in [0.1, 0.15) is 5.75 Å². The van der Waals surface area contributed by atoms with Gasteiger partial charge in [-0.1, -0.05) is 17.7 Å². The largest absolute Gasteiger partial charge is 0.496 e. The first kappa shape index (κ1) is 16.3. The van der Waals surface area contributed by atoms with E-state index >= 15 is 0 Å². The lowest BCUT2D eigenvalue weighted by atomic mass is 10.0. The lowest BCUT2D eigenvalue weighted by Crippen LogP contribution is -2.39. The first-order valence-electron chi connectivity index (χ1n) is 8.11. The van der Waals surface area contributed by atoms with Crippen LogP contribution in [0.5, 0.6) is 5.75 Å². The van der Waals surface area contributed by atoms with Gasteiger partial charge in [0.15, 0.2) is 0 Å². The Kier molecular flexibility index (Phi) is 5.65. The van der Waals surface area contributed by atoms with Crippen molar-refractivity contribution in [1.82, 2.24) is 10.2 Å². The molecule has 1 aliphatic carbocycles. The average Bonchev–Trinajstić information content (AvgIpc) is 3.27. The Balaban J connectivity index is 2.15. The summed E-state index contributed by atoms with van der Waals surface area (Å²) in [6.07, 6.45) is 2.81. The molecule has 1 aliphatic rings. The molecule has 1 atom stereocenters. The highest BCUT2D eigenvalue weighted by molar-refractivity contribution is 5.39. The Morgan fingerprint density at radius 1 is 1.33 bits per heavy atom. The van der Waals surface area contributed by atoms with E-state index in [0.717, 1.165) is 18.2 Å². The molecule has 0 spiro atoms. The van der Waals surface area contributed by atoms with Crippen molar-refractivity contribution >= 4 is 0 Å². The van der Waals surface area contributed by atoms with Crippen LogP contribution >= 0.6 is 0 Å². The summed E-state index contributed by atoms with van der Waals surface area (Å²) >= 11 is 0. The zero-order valence-corrected chi connectivity index (χ0v) is 14.1. The fourth-order valence-corrected chi connectivity index (χ4v) is 2.83. The van der Waals surface area contributed by atoms with Gasteiger partial charge in [-0.25, -0.2) is 0 Å². The number of nitrogens with one attached hydrogen (secondary N) is 1. The molecule has 0 radical (unpaired) electrons. The summed E-state index contributed by atoms with van der Waals surface area (Å²) in [4.78, 5) is 2.60. The van der Waals surface area contributed by atoms with Crippen molar-refractivity contribution < 1.29 is 4.74 Å². The Morgan fingerprint density at radius 3 is 2.57 bits per heavy atom. The Morgan fingerprint density at radius 2 is 2.05 bits per heavy atom. The molecule has 0 amide bonds.